The lowest BCUT2D eigenvalue weighted by Gasteiger charge is -2.33. The third-order valence-corrected chi connectivity index (χ3v) is 3.19. The van der Waals surface area contributed by atoms with Crippen LogP contribution in [-0.4, -0.2) is 85.0 Å². The van der Waals surface area contributed by atoms with Crippen molar-refractivity contribution in [3.8, 4) is 0 Å². The van der Waals surface area contributed by atoms with Crippen LogP contribution in [0.15, 0.2) is 0 Å². The van der Waals surface area contributed by atoms with Gasteiger partial charge in [0.25, 0.3) is 0 Å². The molecule has 0 aliphatic carbocycles. The number of nitrogens with zero attached hydrogens (tertiary/aromatic N) is 3. The van der Waals surface area contributed by atoms with Gasteiger partial charge in [0.2, 0.25) is 5.91 Å². The van der Waals surface area contributed by atoms with Crippen LogP contribution in [0.3, 0.4) is 0 Å². The third kappa shape index (κ3) is 5.46. The quantitative estimate of drug-likeness (QED) is 0.699. The first kappa shape index (κ1) is 14.9. The van der Waals surface area contributed by atoms with Gasteiger partial charge < -0.3 is 14.9 Å². The Bertz CT molecular complexity index is 286. The topological polar surface area (TPSA) is 64.1 Å². The van der Waals surface area contributed by atoms with Crippen molar-refractivity contribution in [2.24, 2.45) is 0 Å². The van der Waals surface area contributed by atoms with Crippen LogP contribution in [0.1, 0.15) is 12.8 Å². The molecule has 0 unspecified atom stereocenters. The minimum atomic E-state index is -0.764. The molecular weight excluding hydrogens is 234 g/mol. The van der Waals surface area contributed by atoms with Crippen LogP contribution in [0.25, 0.3) is 0 Å². The van der Waals surface area contributed by atoms with Gasteiger partial charge in [0.15, 0.2) is 0 Å². The second-order valence-electron chi connectivity index (χ2n) is 4.90. The van der Waals surface area contributed by atoms with Gasteiger partial charge in [-0.15, -0.1) is 0 Å². The molecule has 1 fully saturated rings. The summed E-state index contributed by atoms with van der Waals surface area (Å²) in [7, 11) is 3.54. The monoisotopic (exact) mass is 257 g/mol. The van der Waals surface area contributed by atoms with E-state index in [0.29, 0.717) is 6.42 Å². The predicted octanol–water partition coefficient (Wildman–Crippen LogP) is -0.443. The number of piperazine rings is 1. The van der Waals surface area contributed by atoms with Crippen LogP contribution in [0.5, 0.6) is 0 Å². The van der Waals surface area contributed by atoms with Gasteiger partial charge in [-0.3, -0.25) is 14.5 Å². The number of carbonyl (C=O) groups is 2. The molecule has 1 saturated heterocycles. The zero-order valence-electron chi connectivity index (χ0n) is 11.3. The molecule has 6 heteroatoms. The molecule has 6 nitrogen and oxygen atoms in total. The van der Waals surface area contributed by atoms with Crippen LogP contribution < -0.4 is 0 Å². The molecule has 0 aromatic heterocycles. The smallest absolute Gasteiger partial charge is 0.317 e. The predicted molar refractivity (Wildman–Crippen MR) is 68.4 cm³/mol. The first-order valence-corrected chi connectivity index (χ1v) is 6.35. The number of carboxylic acids is 1. The zero-order valence-corrected chi connectivity index (χ0v) is 11.3. The number of hydrogen-bond acceptors (Lipinski definition) is 4. The Morgan fingerprint density at radius 2 is 1.67 bits per heavy atom. The van der Waals surface area contributed by atoms with Gasteiger partial charge >= 0.3 is 5.97 Å². The van der Waals surface area contributed by atoms with Crippen LogP contribution in [-0.2, 0) is 9.59 Å². The number of rotatable bonds is 6. The molecule has 0 spiro atoms. The van der Waals surface area contributed by atoms with Crippen molar-refractivity contribution in [1.82, 2.24) is 14.7 Å². The SMILES string of the molecule is CN(C)C(=O)CCCN1CCN(CC(=O)O)CC1. The van der Waals surface area contributed by atoms with Gasteiger partial charge in [-0.1, -0.05) is 0 Å². The summed E-state index contributed by atoms with van der Waals surface area (Å²) >= 11 is 0. The third-order valence-electron chi connectivity index (χ3n) is 3.19. The van der Waals surface area contributed by atoms with Crippen LogP contribution >= 0.6 is 0 Å². The summed E-state index contributed by atoms with van der Waals surface area (Å²) in [4.78, 5) is 27.8. The second kappa shape index (κ2) is 7.33. The van der Waals surface area contributed by atoms with E-state index in [2.05, 4.69) is 4.90 Å². The average molecular weight is 257 g/mol. The maximum atomic E-state index is 11.4. The van der Waals surface area contributed by atoms with E-state index < -0.39 is 5.97 Å². The molecule has 0 atom stereocenters. The second-order valence-corrected chi connectivity index (χ2v) is 4.90. The Kier molecular flexibility index (Phi) is 6.07. The van der Waals surface area contributed by atoms with E-state index in [0.717, 1.165) is 39.1 Å². The number of carboxylic acid groups (broad SMARTS) is 1. The molecule has 1 rings (SSSR count). The average Bonchev–Trinajstić information content (AvgIpc) is 2.30. The largest absolute Gasteiger partial charge is 0.480 e. The summed E-state index contributed by atoms with van der Waals surface area (Å²) in [6.45, 7) is 4.43. The van der Waals surface area contributed by atoms with Crippen molar-refractivity contribution in [3.63, 3.8) is 0 Å². The van der Waals surface area contributed by atoms with E-state index in [9.17, 15) is 9.59 Å². The highest BCUT2D eigenvalue weighted by atomic mass is 16.4. The highest BCUT2D eigenvalue weighted by molar-refractivity contribution is 5.75. The maximum absolute atomic E-state index is 11.4. The van der Waals surface area contributed by atoms with E-state index in [-0.39, 0.29) is 12.5 Å². The molecule has 0 radical (unpaired) electrons. The summed E-state index contributed by atoms with van der Waals surface area (Å²) in [6, 6.07) is 0. The molecule has 0 bridgehead atoms. The lowest BCUT2D eigenvalue weighted by Crippen LogP contribution is -2.48. The van der Waals surface area contributed by atoms with Gasteiger partial charge in [-0.05, 0) is 13.0 Å². The number of hydrogen-bond donors (Lipinski definition) is 1. The molecule has 0 aromatic carbocycles. The van der Waals surface area contributed by atoms with E-state index >= 15 is 0 Å². The summed E-state index contributed by atoms with van der Waals surface area (Å²) in [5, 5.41) is 8.69. The zero-order chi connectivity index (χ0) is 13.5. The molecule has 0 aromatic rings. The van der Waals surface area contributed by atoms with Gasteiger partial charge in [0, 0.05) is 46.7 Å². The highest BCUT2D eigenvalue weighted by Crippen LogP contribution is 2.04. The molecule has 1 aliphatic rings. The fourth-order valence-corrected chi connectivity index (χ4v) is 2.04. The normalized spacial score (nSPS) is 17.7. The first-order chi connectivity index (χ1) is 8.49. The number of aliphatic carboxylic acids is 1. The van der Waals surface area contributed by atoms with Gasteiger partial charge in [-0.2, -0.15) is 0 Å². The van der Waals surface area contributed by atoms with Gasteiger partial charge in [-0.25, -0.2) is 0 Å². The van der Waals surface area contributed by atoms with E-state index in [1.165, 1.54) is 0 Å². The summed E-state index contributed by atoms with van der Waals surface area (Å²) in [5.41, 5.74) is 0. The molecule has 104 valence electrons. The summed E-state index contributed by atoms with van der Waals surface area (Å²) in [5.74, 6) is -0.598. The molecule has 1 heterocycles. The standard InChI is InChI=1S/C12H23N3O3/c1-13(2)11(16)4-3-5-14-6-8-15(9-7-14)10-12(17)18/h3-10H2,1-2H3,(H,17,18). The Labute approximate surface area is 108 Å². The maximum Gasteiger partial charge on any atom is 0.317 e. The van der Waals surface area contributed by atoms with Crippen LogP contribution in [0.2, 0.25) is 0 Å². The Hall–Kier alpha value is -1.14. The Morgan fingerprint density at radius 3 is 2.17 bits per heavy atom. The van der Waals surface area contributed by atoms with Crippen LogP contribution in [0, 0.1) is 0 Å². The van der Waals surface area contributed by atoms with Crippen molar-refractivity contribution < 1.29 is 14.7 Å². The molecule has 18 heavy (non-hydrogen) atoms. The van der Waals surface area contributed by atoms with Crippen molar-refractivity contribution >= 4 is 11.9 Å². The van der Waals surface area contributed by atoms with Crippen LogP contribution in [0.4, 0.5) is 0 Å². The minimum absolute atomic E-state index is 0.132. The highest BCUT2D eigenvalue weighted by Gasteiger charge is 2.18. The van der Waals surface area contributed by atoms with Gasteiger partial charge in [0.05, 0.1) is 6.54 Å². The first-order valence-electron chi connectivity index (χ1n) is 6.35. The molecule has 1 N–H and O–H groups in total. The fourth-order valence-electron chi connectivity index (χ4n) is 2.04. The molecule has 1 aliphatic heterocycles. The number of carbonyl (C=O) groups excluding carboxylic acids is 1. The van der Waals surface area contributed by atoms with E-state index in [4.69, 9.17) is 5.11 Å². The number of amides is 1. The lowest BCUT2D eigenvalue weighted by atomic mass is 10.2. The molecule has 0 saturated carbocycles. The summed E-state index contributed by atoms with van der Waals surface area (Å²) < 4.78 is 0. The lowest BCUT2D eigenvalue weighted by molar-refractivity contribution is -0.138. The van der Waals surface area contributed by atoms with Crippen molar-refractivity contribution in [3.05, 3.63) is 0 Å². The van der Waals surface area contributed by atoms with E-state index in [1.807, 2.05) is 4.90 Å². The van der Waals surface area contributed by atoms with Gasteiger partial charge in [0.1, 0.15) is 0 Å². The van der Waals surface area contributed by atoms with E-state index in [1.54, 1.807) is 19.0 Å². The molecule has 1 amide bonds. The van der Waals surface area contributed by atoms with Crippen molar-refractivity contribution in [1.29, 1.82) is 0 Å². The summed E-state index contributed by atoms with van der Waals surface area (Å²) in [6.07, 6.45) is 1.46. The molecular formula is C12H23N3O3. The minimum Gasteiger partial charge on any atom is -0.480 e. The Morgan fingerprint density at radius 1 is 1.11 bits per heavy atom. The van der Waals surface area contributed by atoms with Crippen molar-refractivity contribution in [2.45, 2.75) is 12.8 Å². The van der Waals surface area contributed by atoms with Crippen molar-refractivity contribution in [2.75, 3.05) is 53.4 Å². The fraction of sp³-hybridized carbons (Fsp3) is 0.833. The Balaban J connectivity index is 2.12.